The Balaban J connectivity index is 1.84. The number of anilines is 1. The second-order valence-electron chi connectivity index (χ2n) is 5.98. The molecule has 0 aliphatic carbocycles. The molecule has 0 aliphatic heterocycles. The molecule has 2 aromatic carbocycles. The van der Waals surface area contributed by atoms with Gasteiger partial charge in [-0.1, -0.05) is 47.5 Å². The summed E-state index contributed by atoms with van der Waals surface area (Å²) in [4.78, 5) is 14.4. The molecule has 9 heteroatoms. The van der Waals surface area contributed by atoms with Crippen molar-refractivity contribution in [1.29, 1.82) is 0 Å². The van der Waals surface area contributed by atoms with Crippen molar-refractivity contribution in [3.63, 3.8) is 0 Å². The van der Waals surface area contributed by atoms with E-state index in [9.17, 15) is 13.2 Å². The van der Waals surface area contributed by atoms with Crippen molar-refractivity contribution in [3.8, 4) is 0 Å². The first-order valence-electron chi connectivity index (χ1n) is 8.12. The van der Waals surface area contributed by atoms with E-state index in [2.05, 4.69) is 4.72 Å². The lowest BCUT2D eigenvalue weighted by molar-refractivity contribution is 0.0786. The van der Waals surface area contributed by atoms with Crippen LogP contribution in [0.25, 0.3) is 0 Å². The van der Waals surface area contributed by atoms with E-state index in [1.165, 1.54) is 11.0 Å². The lowest BCUT2D eigenvalue weighted by atomic mass is 10.1. The highest BCUT2D eigenvalue weighted by molar-refractivity contribution is 7.94. The fourth-order valence-corrected chi connectivity index (χ4v) is 5.09. The largest absolute Gasteiger partial charge is 0.337 e. The molecule has 3 rings (SSSR count). The fourth-order valence-electron chi connectivity index (χ4n) is 2.55. The predicted molar refractivity (Wildman–Crippen MR) is 114 cm³/mol. The quantitative estimate of drug-likeness (QED) is 0.561. The highest BCUT2D eigenvalue weighted by Gasteiger charge is 2.21. The van der Waals surface area contributed by atoms with Crippen molar-refractivity contribution < 1.29 is 13.2 Å². The van der Waals surface area contributed by atoms with Crippen molar-refractivity contribution in [2.75, 3.05) is 11.8 Å². The number of thiophene rings is 1. The molecule has 0 unspecified atom stereocenters. The third-order valence-corrected chi connectivity index (χ3v) is 7.28. The Bertz CT molecular complexity index is 1100. The number of rotatable bonds is 6. The summed E-state index contributed by atoms with van der Waals surface area (Å²) in [6.07, 6.45) is 0. The first-order valence-corrected chi connectivity index (χ1v) is 11.2. The molecule has 0 atom stereocenters. The Morgan fingerprint density at radius 2 is 1.86 bits per heavy atom. The zero-order valence-electron chi connectivity index (χ0n) is 14.7. The maximum absolute atomic E-state index is 12.9. The van der Waals surface area contributed by atoms with Crippen LogP contribution in [0.15, 0.2) is 64.2 Å². The summed E-state index contributed by atoms with van der Waals surface area (Å²) in [5, 5.41) is 2.64. The van der Waals surface area contributed by atoms with Gasteiger partial charge < -0.3 is 4.90 Å². The molecule has 0 radical (unpaired) electrons. The Morgan fingerprint density at radius 3 is 2.54 bits per heavy atom. The Hall–Kier alpha value is -2.06. The summed E-state index contributed by atoms with van der Waals surface area (Å²) in [6, 6.07) is 14.7. The van der Waals surface area contributed by atoms with Gasteiger partial charge in [-0.2, -0.15) is 0 Å². The van der Waals surface area contributed by atoms with Crippen molar-refractivity contribution in [2.45, 2.75) is 10.8 Å². The zero-order valence-corrected chi connectivity index (χ0v) is 17.9. The summed E-state index contributed by atoms with van der Waals surface area (Å²) in [6.45, 7) is 0.251. The average Bonchev–Trinajstić information content (AvgIpc) is 3.19. The standard InChI is InChI=1S/C19H16Cl2N2O3S2/c1-23(12-13-8-9-14(20)11-16(13)21)19(24)15-5-2-3-6-17(15)22-28(25,26)18-7-4-10-27-18/h2-11,22H,12H2,1H3. The molecule has 1 amide bonds. The van der Waals surface area contributed by atoms with Gasteiger partial charge in [0, 0.05) is 23.6 Å². The number of hydrogen-bond acceptors (Lipinski definition) is 4. The number of amides is 1. The topological polar surface area (TPSA) is 66.5 Å². The SMILES string of the molecule is CN(Cc1ccc(Cl)cc1Cl)C(=O)c1ccccc1NS(=O)(=O)c1cccs1. The van der Waals surface area contributed by atoms with Gasteiger partial charge in [0.1, 0.15) is 4.21 Å². The summed E-state index contributed by atoms with van der Waals surface area (Å²) < 4.78 is 27.7. The zero-order chi connectivity index (χ0) is 20.3. The summed E-state index contributed by atoms with van der Waals surface area (Å²) >= 11 is 13.2. The van der Waals surface area contributed by atoms with E-state index in [1.807, 2.05) is 0 Å². The van der Waals surface area contributed by atoms with E-state index in [-0.39, 0.29) is 27.9 Å². The number of nitrogens with zero attached hydrogens (tertiary/aromatic N) is 1. The van der Waals surface area contributed by atoms with Crippen LogP contribution in [-0.4, -0.2) is 26.3 Å². The van der Waals surface area contributed by atoms with E-state index < -0.39 is 10.0 Å². The van der Waals surface area contributed by atoms with Gasteiger partial charge in [-0.15, -0.1) is 11.3 Å². The summed E-state index contributed by atoms with van der Waals surface area (Å²) in [5.41, 5.74) is 1.20. The first kappa shape index (κ1) is 20.7. The minimum absolute atomic E-state index is 0.177. The van der Waals surface area contributed by atoms with Gasteiger partial charge in [-0.25, -0.2) is 8.42 Å². The first-order chi connectivity index (χ1) is 13.3. The van der Waals surface area contributed by atoms with Crippen LogP contribution in [0.5, 0.6) is 0 Å². The molecule has 0 bridgehead atoms. The van der Waals surface area contributed by atoms with Crippen LogP contribution < -0.4 is 4.72 Å². The number of halogens is 2. The van der Waals surface area contributed by atoms with Crippen molar-refractivity contribution in [1.82, 2.24) is 4.90 Å². The Labute approximate surface area is 177 Å². The van der Waals surface area contributed by atoms with Gasteiger partial charge in [0.05, 0.1) is 11.3 Å². The number of sulfonamides is 1. The maximum Gasteiger partial charge on any atom is 0.271 e. The van der Waals surface area contributed by atoms with E-state index in [0.717, 1.165) is 16.9 Å². The molecule has 0 fully saturated rings. The van der Waals surface area contributed by atoms with Crippen LogP contribution in [0, 0.1) is 0 Å². The molecule has 1 aromatic heterocycles. The van der Waals surface area contributed by atoms with Crippen molar-refractivity contribution in [3.05, 3.63) is 81.1 Å². The number of nitrogens with one attached hydrogen (secondary N) is 1. The lowest BCUT2D eigenvalue weighted by Crippen LogP contribution is -2.27. The molecule has 1 N–H and O–H groups in total. The highest BCUT2D eigenvalue weighted by Crippen LogP contribution is 2.25. The van der Waals surface area contributed by atoms with Gasteiger partial charge in [0.2, 0.25) is 0 Å². The van der Waals surface area contributed by atoms with Crippen LogP contribution in [0.2, 0.25) is 10.0 Å². The van der Waals surface area contributed by atoms with Crippen LogP contribution in [0.4, 0.5) is 5.69 Å². The molecular formula is C19H16Cl2N2O3S2. The molecular weight excluding hydrogens is 439 g/mol. The number of hydrogen-bond donors (Lipinski definition) is 1. The predicted octanol–water partition coefficient (Wildman–Crippen LogP) is 5.13. The monoisotopic (exact) mass is 454 g/mol. The second-order valence-corrected chi connectivity index (χ2v) is 9.68. The number of carbonyl (C=O) groups excluding carboxylic acids is 1. The lowest BCUT2D eigenvalue weighted by Gasteiger charge is -2.20. The maximum atomic E-state index is 12.9. The third kappa shape index (κ3) is 4.67. The van der Waals surface area contributed by atoms with Gasteiger partial charge >= 0.3 is 0 Å². The van der Waals surface area contributed by atoms with E-state index in [1.54, 1.807) is 61.0 Å². The molecule has 28 heavy (non-hydrogen) atoms. The summed E-state index contributed by atoms with van der Waals surface area (Å²) in [5.74, 6) is -0.338. The van der Waals surface area contributed by atoms with E-state index in [4.69, 9.17) is 23.2 Å². The minimum atomic E-state index is -3.76. The fraction of sp³-hybridized carbons (Fsp3) is 0.105. The normalized spacial score (nSPS) is 11.2. The third-order valence-electron chi connectivity index (χ3n) is 3.93. The Kier molecular flexibility index (Phi) is 6.30. The molecule has 146 valence electrons. The van der Waals surface area contributed by atoms with Crippen LogP contribution >= 0.6 is 34.5 Å². The minimum Gasteiger partial charge on any atom is -0.337 e. The molecule has 0 saturated heterocycles. The number of carbonyl (C=O) groups is 1. The van der Waals surface area contributed by atoms with Crippen LogP contribution in [0.3, 0.4) is 0 Å². The van der Waals surface area contributed by atoms with Crippen molar-refractivity contribution in [2.24, 2.45) is 0 Å². The molecule has 3 aromatic rings. The summed E-state index contributed by atoms with van der Waals surface area (Å²) in [7, 11) is -2.14. The molecule has 0 saturated carbocycles. The van der Waals surface area contributed by atoms with Crippen LogP contribution in [0.1, 0.15) is 15.9 Å². The van der Waals surface area contributed by atoms with Gasteiger partial charge in [0.25, 0.3) is 15.9 Å². The van der Waals surface area contributed by atoms with Gasteiger partial charge in [-0.05, 0) is 41.3 Å². The van der Waals surface area contributed by atoms with Gasteiger partial charge in [-0.3, -0.25) is 9.52 Å². The highest BCUT2D eigenvalue weighted by atomic mass is 35.5. The second kappa shape index (κ2) is 8.53. The van der Waals surface area contributed by atoms with Crippen LogP contribution in [-0.2, 0) is 16.6 Å². The number of benzene rings is 2. The van der Waals surface area contributed by atoms with Crippen molar-refractivity contribution >= 4 is 56.2 Å². The number of para-hydroxylation sites is 1. The van der Waals surface area contributed by atoms with Gasteiger partial charge in [0.15, 0.2) is 0 Å². The van der Waals surface area contributed by atoms with E-state index in [0.29, 0.717) is 10.0 Å². The van der Waals surface area contributed by atoms with E-state index >= 15 is 0 Å². The molecule has 5 nitrogen and oxygen atoms in total. The average molecular weight is 455 g/mol. The molecule has 0 aliphatic rings. The smallest absolute Gasteiger partial charge is 0.271 e. The molecule has 1 heterocycles. The molecule has 0 spiro atoms. The Morgan fingerprint density at radius 1 is 1.11 bits per heavy atom.